The number of nitrogens with one attached hydrogen (secondary N) is 1. The van der Waals surface area contributed by atoms with E-state index in [1.807, 2.05) is 4.68 Å². The van der Waals surface area contributed by atoms with Crippen molar-refractivity contribution in [2.24, 2.45) is 0 Å². The molecule has 0 bridgehead atoms. The molecule has 3 heterocycles. The molecule has 0 spiro atoms. The summed E-state index contributed by atoms with van der Waals surface area (Å²) < 4.78 is 1.84. The molecule has 2 aliphatic rings. The molecule has 0 aliphatic carbocycles. The first-order chi connectivity index (χ1) is 13.7. The van der Waals surface area contributed by atoms with Crippen LogP contribution in [0.3, 0.4) is 0 Å². The average Bonchev–Trinajstić information content (AvgIpc) is 3.30. The number of hydrogen-bond acceptors (Lipinski definition) is 6. The molecule has 0 radical (unpaired) electrons. The van der Waals surface area contributed by atoms with Gasteiger partial charge in [0.05, 0.1) is 6.54 Å². The molecule has 1 aromatic carbocycles. The number of benzene rings is 1. The highest BCUT2D eigenvalue weighted by atomic mass is 16.1. The molecule has 1 N–H and O–H groups in total. The van der Waals surface area contributed by atoms with Gasteiger partial charge in [-0.1, -0.05) is 24.3 Å². The van der Waals surface area contributed by atoms with E-state index in [4.69, 9.17) is 0 Å². The van der Waals surface area contributed by atoms with Gasteiger partial charge in [0.25, 0.3) is 0 Å². The first-order valence-corrected chi connectivity index (χ1v) is 10.2. The van der Waals surface area contributed by atoms with E-state index in [2.05, 4.69) is 62.0 Å². The summed E-state index contributed by atoms with van der Waals surface area (Å²) in [6, 6.07) is 8.91. The summed E-state index contributed by atoms with van der Waals surface area (Å²) in [5.41, 5.74) is 2.83. The van der Waals surface area contributed by atoms with E-state index in [1.165, 1.54) is 11.1 Å². The van der Waals surface area contributed by atoms with Crippen LogP contribution < -0.4 is 5.32 Å². The number of nitrogens with zero attached hydrogens (tertiary/aromatic N) is 6. The Balaban J connectivity index is 1.24. The first-order valence-electron chi connectivity index (χ1n) is 10.2. The fraction of sp³-hybridized carbons (Fsp3) is 0.600. The van der Waals surface area contributed by atoms with Crippen LogP contribution in [0.5, 0.6) is 0 Å². The van der Waals surface area contributed by atoms with Gasteiger partial charge >= 0.3 is 0 Å². The highest BCUT2D eigenvalue weighted by molar-refractivity contribution is 5.76. The molecule has 0 saturated carbocycles. The van der Waals surface area contributed by atoms with Crippen molar-refractivity contribution < 1.29 is 4.79 Å². The van der Waals surface area contributed by atoms with Crippen LogP contribution in [0, 0.1) is 0 Å². The second-order valence-corrected chi connectivity index (χ2v) is 7.97. The van der Waals surface area contributed by atoms with Crippen molar-refractivity contribution in [3.63, 3.8) is 0 Å². The number of likely N-dealkylation sites (N-methyl/N-ethyl adjacent to an activating group) is 1. The zero-order valence-corrected chi connectivity index (χ0v) is 16.5. The molecule has 1 aromatic heterocycles. The zero-order chi connectivity index (χ0) is 19.3. The van der Waals surface area contributed by atoms with Crippen LogP contribution in [0.15, 0.2) is 24.3 Å². The maximum atomic E-state index is 12.2. The second kappa shape index (κ2) is 8.79. The van der Waals surface area contributed by atoms with Gasteiger partial charge in [0.15, 0.2) is 5.82 Å². The van der Waals surface area contributed by atoms with Crippen LogP contribution in [0.1, 0.15) is 36.2 Å². The van der Waals surface area contributed by atoms with Crippen LogP contribution in [0.25, 0.3) is 0 Å². The lowest BCUT2D eigenvalue weighted by atomic mass is 10.00. The lowest BCUT2D eigenvalue weighted by molar-refractivity contribution is -0.121. The molecule has 4 rings (SSSR count). The summed E-state index contributed by atoms with van der Waals surface area (Å²) in [7, 11) is 2.09. The minimum atomic E-state index is 0.127. The molecular weight excluding hydrogens is 354 g/mol. The van der Waals surface area contributed by atoms with E-state index in [1.54, 1.807) is 0 Å². The van der Waals surface area contributed by atoms with E-state index in [0.29, 0.717) is 19.0 Å². The van der Waals surface area contributed by atoms with Crippen LogP contribution in [0.2, 0.25) is 0 Å². The number of rotatable bonds is 7. The molecule has 1 fully saturated rings. The molecule has 1 amide bonds. The number of aryl methyl sites for hydroxylation is 1. The summed E-state index contributed by atoms with van der Waals surface area (Å²) in [5.74, 6) is 1.000. The number of fused-ring (bicyclic) bond motifs is 1. The molecule has 2 aliphatic heterocycles. The Morgan fingerprint density at radius 3 is 2.93 bits per heavy atom. The Hall–Kier alpha value is -2.32. The normalized spacial score (nSPS) is 20.2. The van der Waals surface area contributed by atoms with Gasteiger partial charge in [0, 0.05) is 38.6 Å². The summed E-state index contributed by atoms with van der Waals surface area (Å²) in [6.45, 7) is 5.36. The third kappa shape index (κ3) is 4.74. The topological polar surface area (TPSA) is 79.2 Å². The quantitative estimate of drug-likeness (QED) is 0.763. The Morgan fingerprint density at radius 1 is 1.25 bits per heavy atom. The lowest BCUT2D eigenvalue weighted by Gasteiger charge is -2.28. The molecule has 2 aromatic rings. The number of amides is 1. The molecule has 8 nitrogen and oxygen atoms in total. The van der Waals surface area contributed by atoms with Crippen molar-refractivity contribution in [2.75, 3.05) is 26.7 Å². The first kappa shape index (κ1) is 19.0. The maximum Gasteiger partial charge on any atom is 0.220 e. The number of carbonyl (C=O) groups is 1. The van der Waals surface area contributed by atoms with Crippen molar-refractivity contribution in [3.05, 3.63) is 41.2 Å². The number of tetrazole rings is 1. The highest BCUT2D eigenvalue weighted by Gasteiger charge is 2.21. The number of likely N-dealkylation sites (tertiary alicyclic amines) is 1. The van der Waals surface area contributed by atoms with Gasteiger partial charge in [0.2, 0.25) is 5.91 Å². The average molecular weight is 384 g/mol. The predicted molar refractivity (Wildman–Crippen MR) is 105 cm³/mol. The van der Waals surface area contributed by atoms with Gasteiger partial charge in [0.1, 0.15) is 0 Å². The molecule has 1 atom stereocenters. The Kier molecular flexibility index (Phi) is 5.97. The Bertz CT molecular complexity index is 805. The van der Waals surface area contributed by atoms with Gasteiger partial charge < -0.3 is 10.2 Å². The van der Waals surface area contributed by atoms with E-state index in [9.17, 15) is 4.79 Å². The minimum Gasteiger partial charge on any atom is -0.352 e. The highest BCUT2D eigenvalue weighted by Crippen LogP contribution is 2.19. The fourth-order valence-corrected chi connectivity index (χ4v) is 4.14. The monoisotopic (exact) mass is 383 g/mol. The van der Waals surface area contributed by atoms with Gasteiger partial charge in [-0.05, 0) is 54.4 Å². The molecule has 1 saturated heterocycles. The zero-order valence-electron chi connectivity index (χ0n) is 16.5. The summed E-state index contributed by atoms with van der Waals surface area (Å²) >= 11 is 0. The standard InChI is InChI=1S/C20H29N7O/c1-25-11-9-18(14-25)21-20(28)7-4-10-27-19(22-23-24-27)15-26-12-8-16-5-2-3-6-17(16)13-26/h2-3,5-6,18H,4,7-15H2,1H3,(H,21,28). The van der Waals surface area contributed by atoms with Crippen LogP contribution in [-0.2, 0) is 30.8 Å². The fourth-order valence-electron chi connectivity index (χ4n) is 4.14. The van der Waals surface area contributed by atoms with Gasteiger partial charge in [-0.25, -0.2) is 4.68 Å². The van der Waals surface area contributed by atoms with Crippen LogP contribution >= 0.6 is 0 Å². The van der Waals surface area contributed by atoms with E-state index in [0.717, 1.165) is 57.8 Å². The second-order valence-electron chi connectivity index (χ2n) is 7.97. The van der Waals surface area contributed by atoms with Crippen molar-refractivity contribution in [3.8, 4) is 0 Å². The molecule has 1 unspecified atom stereocenters. The lowest BCUT2D eigenvalue weighted by Crippen LogP contribution is -2.36. The molecule has 150 valence electrons. The van der Waals surface area contributed by atoms with Gasteiger partial charge in [-0.3, -0.25) is 9.69 Å². The summed E-state index contributed by atoms with van der Waals surface area (Å²) in [4.78, 5) is 16.8. The Morgan fingerprint density at radius 2 is 2.11 bits per heavy atom. The van der Waals surface area contributed by atoms with Gasteiger partial charge in [-0.15, -0.1) is 5.10 Å². The SMILES string of the molecule is CN1CCC(NC(=O)CCCn2nnnc2CN2CCc3ccccc3C2)C1. The molecule has 8 heteroatoms. The minimum absolute atomic E-state index is 0.127. The third-order valence-electron chi connectivity index (χ3n) is 5.71. The smallest absolute Gasteiger partial charge is 0.220 e. The van der Waals surface area contributed by atoms with Crippen molar-refractivity contribution in [1.82, 2.24) is 35.3 Å². The largest absolute Gasteiger partial charge is 0.352 e. The van der Waals surface area contributed by atoms with Gasteiger partial charge in [-0.2, -0.15) is 0 Å². The molecular formula is C20H29N7O. The number of hydrogen-bond donors (Lipinski definition) is 1. The maximum absolute atomic E-state index is 12.2. The predicted octanol–water partition coefficient (Wildman–Crippen LogP) is 0.832. The number of carbonyl (C=O) groups excluding carboxylic acids is 1. The van der Waals surface area contributed by atoms with Crippen LogP contribution in [0.4, 0.5) is 0 Å². The van der Waals surface area contributed by atoms with Crippen molar-refractivity contribution in [2.45, 2.75) is 51.4 Å². The van der Waals surface area contributed by atoms with E-state index >= 15 is 0 Å². The van der Waals surface area contributed by atoms with Crippen molar-refractivity contribution >= 4 is 5.91 Å². The van der Waals surface area contributed by atoms with Crippen molar-refractivity contribution in [1.29, 1.82) is 0 Å². The van der Waals surface area contributed by atoms with E-state index in [-0.39, 0.29) is 5.91 Å². The van der Waals surface area contributed by atoms with Crippen LogP contribution in [-0.4, -0.2) is 68.6 Å². The Labute approximate surface area is 165 Å². The third-order valence-corrected chi connectivity index (χ3v) is 5.71. The number of aromatic nitrogens is 4. The van der Waals surface area contributed by atoms with E-state index < -0.39 is 0 Å². The summed E-state index contributed by atoms with van der Waals surface area (Å²) in [5, 5.41) is 15.3. The molecule has 28 heavy (non-hydrogen) atoms. The summed E-state index contributed by atoms with van der Waals surface area (Å²) in [6.07, 6.45) is 3.36.